The largest absolute Gasteiger partial charge is 0.497 e. The second-order valence-electron chi connectivity index (χ2n) is 8.44. The highest BCUT2D eigenvalue weighted by atomic mass is 16.5. The Labute approximate surface area is 194 Å². The van der Waals surface area contributed by atoms with Crippen LogP contribution < -0.4 is 18.9 Å². The fraction of sp³-hybridized carbons (Fsp3) is 0.440. The number of benzene rings is 2. The van der Waals surface area contributed by atoms with Gasteiger partial charge in [-0.25, -0.2) is 9.98 Å². The number of rotatable bonds is 8. The van der Waals surface area contributed by atoms with Crippen LogP contribution in [0, 0.1) is 5.41 Å². The normalized spacial score (nSPS) is 19.8. The van der Waals surface area contributed by atoms with E-state index in [0.29, 0.717) is 48.0 Å². The smallest absolute Gasteiger partial charge is 0.199 e. The van der Waals surface area contributed by atoms with Crippen molar-refractivity contribution in [1.29, 1.82) is 0 Å². The third-order valence-corrected chi connectivity index (χ3v) is 5.89. The van der Waals surface area contributed by atoms with E-state index in [4.69, 9.17) is 38.4 Å². The molecular formula is C25H30N2O6. The average molecular weight is 455 g/mol. The molecule has 0 fully saturated rings. The topological polar surface area (TPSA) is 80.1 Å². The molecule has 0 amide bonds. The van der Waals surface area contributed by atoms with Crippen LogP contribution in [0.25, 0.3) is 0 Å². The first-order valence-electron chi connectivity index (χ1n) is 10.8. The number of nitrogens with zero attached hydrogens (tertiary/aromatic N) is 2. The van der Waals surface area contributed by atoms with Gasteiger partial charge in [0, 0.05) is 12.1 Å². The van der Waals surface area contributed by atoms with E-state index >= 15 is 0 Å². The first-order valence-corrected chi connectivity index (χ1v) is 10.8. The van der Waals surface area contributed by atoms with E-state index in [9.17, 15) is 0 Å². The molecule has 8 heteroatoms. The first kappa shape index (κ1) is 22.8. The highest BCUT2D eigenvalue weighted by Gasteiger charge is 2.42. The second kappa shape index (κ2) is 9.21. The Bertz CT molecular complexity index is 951. The predicted octanol–water partition coefficient (Wildman–Crippen LogP) is 4.39. The van der Waals surface area contributed by atoms with Crippen molar-refractivity contribution in [2.24, 2.45) is 15.4 Å². The molecular weight excluding hydrogens is 424 g/mol. The van der Waals surface area contributed by atoms with Crippen LogP contribution >= 0.6 is 0 Å². The summed E-state index contributed by atoms with van der Waals surface area (Å²) in [7, 11) is 6.52. The molecule has 176 valence electrons. The Kier molecular flexibility index (Phi) is 6.35. The van der Waals surface area contributed by atoms with E-state index in [-0.39, 0.29) is 12.1 Å². The van der Waals surface area contributed by atoms with Crippen LogP contribution in [0.5, 0.6) is 23.0 Å². The number of hydrogen-bond donors (Lipinski definition) is 0. The van der Waals surface area contributed by atoms with Crippen LogP contribution in [0.4, 0.5) is 0 Å². The molecule has 0 saturated heterocycles. The highest BCUT2D eigenvalue weighted by molar-refractivity contribution is 6.05. The van der Waals surface area contributed by atoms with Gasteiger partial charge in [-0.05, 0) is 49.2 Å². The molecule has 33 heavy (non-hydrogen) atoms. The number of aliphatic imine (C=N–C) groups is 2. The molecule has 4 rings (SSSR count). The first-order chi connectivity index (χ1) is 15.9. The standard InChI is InChI=1S/C25H30N2O6/c1-25(2,23-26-21(13-32-23)15-7-17(28-3)11-18(8-15)29-4)24-27-22(14-33-24)16-9-19(30-5)12-20(10-16)31-6/h7-12,21-22H,13-14H2,1-6H3/t21-,22-/m0/s1. The molecule has 0 aromatic heterocycles. The van der Waals surface area contributed by atoms with Crippen LogP contribution in [0.2, 0.25) is 0 Å². The van der Waals surface area contributed by atoms with Crippen molar-refractivity contribution in [2.45, 2.75) is 25.9 Å². The van der Waals surface area contributed by atoms with Crippen LogP contribution in [0.3, 0.4) is 0 Å². The summed E-state index contributed by atoms with van der Waals surface area (Å²) in [6.45, 7) is 4.87. The highest BCUT2D eigenvalue weighted by Crippen LogP contribution is 2.38. The Morgan fingerprint density at radius 2 is 0.970 bits per heavy atom. The molecule has 2 aliphatic heterocycles. The third-order valence-electron chi connectivity index (χ3n) is 5.89. The fourth-order valence-electron chi connectivity index (χ4n) is 3.91. The molecule has 0 radical (unpaired) electrons. The van der Waals surface area contributed by atoms with Gasteiger partial charge in [-0.3, -0.25) is 0 Å². The third kappa shape index (κ3) is 4.55. The minimum atomic E-state index is -0.616. The molecule has 2 aliphatic rings. The lowest BCUT2D eigenvalue weighted by Gasteiger charge is -2.22. The van der Waals surface area contributed by atoms with Gasteiger partial charge in [-0.2, -0.15) is 0 Å². The minimum Gasteiger partial charge on any atom is -0.497 e. The summed E-state index contributed by atoms with van der Waals surface area (Å²) in [6.07, 6.45) is 0. The lowest BCUT2D eigenvalue weighted by molar-refractivity contribution is 0.264. The van der Waals surface area contributed by atoms with E-state index < -0.39 is 5.41 Å². The van der Waals surface area contributed by atoms with E-state index in [1.807, 2.05) is 50.2 Å². The summed E-state index contributed by atoms with van der Waals surface area (Å²) >= 11 is 0. The van der Waals surface area contributed by atoms with Crippen molar-refractivity contribution in [3.63, 3.8) is 0 Å². The summed E-state index contributed by atoms with van der Waals surface area (Å²) in [5.74, 6) is 4.05. The maximum Gasteiger partial charge on any atom is 0.199 e. The van der Waals surface area contributed by atoms with Crippen molar-refractivity contribution >= 4 is 11.8 Å². The maximum atomic E-state index is 6.03. The van der Waals surface area contributed by atoms with E-state index in [1.54, 1.807) is 28.4 Å². The molecule has 2 aromatic rings. The van der Waals surface area contributed by atoms with Gasteiger partial charge in [0.15, 0.2) is 11.8 Å². The summed E-state index contributed by atoms with van der Waals surface area (Å²) in [4.78, 5) is 9.72. The SMILES string of the molecule is COc1cc(OC)cc([C@@H]2COC(C(C)(C)C3=N[C@H](c4cc(OC)cc(OC)c4)CO3)=N2)c1. The van der Waals surface area contributed by atoms with Gasteiger partial charge < -0.3 is 28.4 Å². The zero-order valence-corrected chi connectivity index (χ0v) is 19.9. The van der Waals surface area contributed by atoms with Gasteiger partial charge >= 0.3 is 0 Å². The summed E-state index contributed by atoms with van der Waals surface area (Å²) < 4.78 is 33.6. The van der Waals surface area contributed by atoms with E-state index in [0.717, 1.165) is 11.1 Å². The van der Waals surface area contributed by atoms with Crippen LogP contribution in [0.1, 0.15) is 37.1 Å². The van der Waals surface area contributed by atoms with Gasteiger partial charge in [0.2, 0.25) is 0 Å². The van der Waals surface area contributed by atoms with E-state index in [2.05, 4.69) is 0 Å². The Balaban J connectivity index is 1.58. The van der Waals surface area contributed by atoms with Crippen LogP contribution in [-0.2, 0) is 9.47 Å². The van der Waals surface area contributed by atoms with Crippen molar-refractivity contribution in [3.05, 3.63) is 47.5 Å². The zero-order valence-electron chi connectivity index (χ0n) is 19.9. The number of ether oxygens (including phenoxy) is 6. The molecule has 2 atom stereocenters. The lowest BCUT2D eigenvalue weighted by atomic mass is 9.93. The van der Waals surface area contributed by atoms with Crippen molar-refractivity contribution < 1.29 is 28.4 Å². The molecule has 2 heterocycles. The second-order valence-corrected chi connectivity index (χ2v) is 8.44. The lowest BCUT2D eigenvalue weighted by Crippen LogP contribution is -2.34. The van der Waals surface area contributed by atoms with Gasteiger partial charge in [-0.15, -0.1) is 0 Å². The molecule has 0 spiro atoms. The van der Waals surface area contributed by atoms with Crippen molar-refractivity contribution in [1.82, 2.24) is 0 Å². The Hall–Kier alpha value is -3.42. The minimum absolute atomic E-state index is 0.163. The molecule has 8 nitrogen and oxygen atoms in total. The zero-order chi connectivity index (χ0) is 23.6. The van der Waals surface area contributed by atoms with Gasteiger partial charge in [0.25, 0.3) is 0 Å². The van der Waals surface area contributed by atoms with Crippen LogP contribution in [-0.4, -0.2) is 53.4 Å². The average Bonchev–Trinajstić information content (AvgIpc) is 3.54. The van der Waals surface area contributed by atoms with Gasteiger partial charge in [0.1, 0.15) is 53.7 Å². The van der Waals surface area contributed by atoms with Gasteiger partial charge in [-0.1, -0.05) is 0 Å². The molecule has 0 N–H and O–H groups in total. The van der Waals surface area contributed by atoms with Crippen LogP contribution in [0.15, 0.2) is 46.4 Å². The quantitative estimate of drug-likeness (QED) is 0.589. The predicted molar refractivity (Wildman–Crippen MR) is 125 cm³/mol. The monoisotopic (exact) mass is 454 g/mol. The summed E-state index contributed by atoms with van der Waals surface area (Å²) in [5.41, 5.74) is 1.32. The fourth-order valence-corrected chi connectivity index (χ4v) is 3.91. The molecule has 0 aliphatic carbocycles. The molecule has 0 bridgehead atoms. The Morgan fingerprint density at radius 1 is 0.636 bits per heavy atom. The molecule has 0 saturated carbocycles. The molecule has 2 aromatic carbocycles. The Morgan fingerprint density at radius 3 is 1.27 bits per heavy atom. The summed E-state index contributed by atoms with van der Waals surface area (Å²) in [5, 5.41) is 0. The van der Waals surface area contributed by atoms with Gasteiger partial charge in [0.05, 0.1) is 28.4 Å². The molecule has 0 unspecified atom stereocenters. The van der Waals surface area contributed by atoms with Crippen molar-refractivity contribution in [2.75, 3.05) is 41.7 Å². The van der Waals surface area contributed by atoms with E-state index in [1.165, 1.54) is 0 Å². The maximum absolute atomic E-state index is 6.03. The number of methoxy groups -OCH3 is 4. The van der Waals surface area contributed by atoms with Crippen molar-refractivity contribution in [3.8, 4) is 23.0 Å². The number of hydrogen-bond acceptors (Lipinski definition) is 8. The summed E-state index contributed by atoms with van der Waals surface area (Å²) in [6, 6.07) is 11.1.